The SMILES string of the molecule is CC(Sc1nc2cc(F)c(F)cc2[nH]1)C(=O)Nc1cc(Cl)ccc1Cl. The van der Waals surface area contributed by atoms with E-state index in [-0.39, 0.29) is 11.4 Å². The first-order chi connectivity index (χ1) is 11.8. The number of hydrogen-bond acceptors (Lipinski definition) is 3. The second-order valence-electron chi connectivity index (χ2n) is 5.20. The lowest BCUT2D eigenvalue weighted by Gasteiger charge is -2.12. The number of aromatic amines is 1. The molecule has 9 heteroatoms. The second kappa shape index (κ2) is 7.19. The molecule has 1 amide bonds. The van der Waals surface area contributed by atoms with Gasteiger partial charge in [0.25, 0.3) is 0 Å². The predicted octanol–water partition coefficient (Wildman–Crippen LogP) is 5.27. The zero-order chi connectivity index (χ0) is 18.1. The highest BCUT2D eigenvalue weighted by molar-refractivity contribution is 8.00. The van der Waals surface area contributed by atoms with Crippen molar-refractivity contribution in [3.63, 3.8) is 0 Å². The number of amides is 1. The summed E-state index contributed by atoms with van der Waals surface area (Å²) in [5.41, 5.74) is 1.04. The summed E-state index contributed by atoms with van der Waals surface area (Å²) in [6.07, 6.45) is 0. The molecule has 1 aromatic heterocycles. The fourth-order valence-corrected chi connectivity index (χ4v) is 3.24. The second-order valence-corrected chi connectivity index (χ2v) is 7.37. The number of hydrogen-bond donors (Lipinski definition) is 2. The first kappa shape index (κ1) is 18.0. The van der Waals surface area contributed by atoms with Gasteiger partial charge in [-0.3, -0.25) is 4.79 Å². The van der Waals surface area contributed by atoms with Crippen LogP contribution >= 0.6 is 35.0 Å². The van der Waals surface area contributed by atoms with Crippen LogP contribution in [0, 0.1) is 11.6 Å². The number of nitrogens with one attached hydrogen (secondary N) is 2. The molecule has 3 rings (SSSR count). The molecule has 0 aliphatic heterocycles. The quantitative estimate of drug-likeness (QED) is 0.585. The molecular formula is C16H11Cl2F2N3OS. The molecule has 0 saturated carbocycles. The van der Waals surface area contributed by atoms with Crippen LogP contribution in [0.25, 0.3) is 11.0 Å². The van der Waals surface area contributed by atoms with Crippen molar-refractivity contribution in [3.05, 3.63) is 52.0 Å². The van der Waals surface area contributed by atoms with Crippen LogP contribution < -0.4 is 5.32 Å². The zero-order valence-electron chi connectivity index (χ0n) is 12.7. The summed E-state index contributed by atoms with van der Waals surface area (Å²) in [6, 6.07) is 6.77. The molecule has 0 spiro atoms. The van der Waals surface area contributed by atoms with Crippen molar-refractivity contribution in [2.24, 2.45) is 0 Å². The van der Waals surface area contributed by atoms with Gasteiger partial charge in [0.05, 0.1) is 27.0 Å². The van der Waals surface area contributed by atoms with E-state index in [9.17, 15) is 13.6 Å². The van der Waals surface area contributed by atoms with Gasteiger partial charge in [0.1, 0.15) is 0 Å². The van der Waals surface area contributed by atoms with Crippen molar-refractivity contribution in [2.75, 3.05) is 5.32 Å². The lowest BCUT2D eigenvalue weighted by Crippen LogP contribution is -2.22. The maximum atomic E-state index is 13.2. The van der Waals surface area contributed by atoms with E-state index in [1.165, 1.54) is 0 Å². The Kier molecular flexibility index (Phi) is 5.17. The molecule has 3 aromatic rings. The van der Waals surface area contributed by atoms with Gasteiger partial charge in [0, 0.05) is 17.2 Å². The van der Waals surface area contributed by atoms with E-state index < -0.39 is 16.9 Å². The van der Waals surface area contributed by atoms with E-state index in [1.54, 1.807) is 25.1 Å². The first-order valence-electron chi connectivity index (χ1n) is 7.11. The molecule has 2 N–H and O–H groups in total. The van der Waals surface area contributed by atoms with Gasteiger partial charge in [-0.15, -0.1) is 0 Å². The van der Waals surface area contributed by atoms with Crippen LogP contribution in [0.4, 0.5) is 14.5 Å². The lowest BCUT2D eigenvalue weighted by molar-refractivity contribution is -0.115. The van der Waals surface area contributed by atoms with Gasteiger partial charge in [0.15, 0.2) is 16.8 Å². The van der Waals surface area contributed by atoms with Crippen LogP contribution in [0.1, 0.15) is 6.92 Å². The van der Waals surface area contributed by atoms with Crippen molar-refractivity contribution in [3.8, 4) is 0 Å². The molecular weight excluding hydrogens is 391 g/mol. The first-order valence-corrected chi connectivity index (χ1v) is 8.74. The summed E-state index contributed by atoms with van der Waals surface area (Å²) in [7, 11) is 0. The molecule has 1 atom stereocenters. The fraction of sp³-hybridized carbons (Fsp3) is 0.125. The molecule has 0 saturated heterocycles. The van der Waals surface area contributed by atoms with Gasteiger partial charge < -0.3 is 10.3 Å². The van der Waals surface area contributed by atoms with Crippen molar-refractivity contribution < 1.29 is 13.6 Å². The minimum Gasteiger partial charge on any atom is -0.333 e. The van der Waals surface area contributed by atoms with Crippen molar-refractivity contribution >= 4 is 57.6 Å². The third-order valence-electron chi connectivity index (χ3n) is 3.35. The minimum atomic E-state index is -0.975. The van der Waals surface area contributed by atoms with Crippen molar-refractivity contribution in [1.82, 2.24) is 9.97 Å². The molecule has 130 valence electrons. The summed E-state index contributed by atoms with van der Waals surface area (Å²) in [4.78, 5) is 19.3. The van der Waals surface area contributed by atoms with Crippen LogP contribution in [0.15, 0.2) is 35.5 Å². The number of carbonyl (C=O) groups is 1. The highest BCUT2D eigenvalue weighted by Crippen LogP contribution is 2.28. The fourth-order valence-electron chi connectivity index (χ4n) is 2.09. The van der Waals surface area contributed by atoms with Crippen LogP contribution in [-0.4, -0.2) is 21.1 Å². The molecule has 4 nitrogen and oxygen atoms in total. The van der Waals surface area contributed by atoms with Crippen molar-refractivity contribution in [1.29, 1.82) is 0 Å². The van der Waals surface area contributed by atoms with E-state index >= 15 is 0 Å². The Balaban J connectivity index is 1.74. The third-order valence-corrected chi connectivity index (χ3v) is 4.90. The summed E-state index contributed by atoms with van der Waals surface area (Å²) >= 11 is 13.0. The van der Waals surface area contributed by atoms with Crippen LogP contribution in [0.3, 0.4) is 0 Å². The Labute approximate surface area is 155 Å². The summed E-state index contributed by atoms with van der Waals surface area (Å²) in [6.45, 7) is 1.67. The Bertz CT molecular complexity index is 925. The van der Waals surface area contributed by atoms with E-state index in [4.69, 9.17) is 23.2 Å². The highest BCUT2D eigenvalue weighted by Gasteiger charge is 2.18. The number of anilines is 1. The smallest absolute Gasteiger partial charge is 0.237 e. The number of aromatic nitrogens is 2. The molecule has 0 aliphatic rings. The standard InChI is InChI=1S/C16H11Cl2F2N3OS/c1-7(15(24)21-12-4-8(17)2-3-9(12)18)25-16-22-13-5-10(19)11(20)6-14(13)23-16/h2-7H,1H3,(H,21,24)(H,22,23). The molecule has 0 aliphatic carbocycles. The van der Waals surface area contributed by atoms with Crippen LogP contribution in [0.2, 0.25) is 10.0 Å². The van der Waals surface area contributed by atoms with Gasteiger partial charge in [-0.2, -0.15) is 0 Å². The molecule has 2 aromatic carbocycles. The Morgan fingerprint density at radius 2 is 1.96 bits per heavy atom. The molecule has 1 heterocycles. The molecule has 25 heavy (non-hydrogen) atoms. The summed E-state index contributed by atoms with van der Waals surface area (Å²) < 4.78 is 26.5. The average molecular weight is 402 g/mol. The lowest BCUT2D eigenvalue weighted by atomic mass is 10.3. The number of rotatable bonds is 4. The van der Waals surface area contributed by atoms with Gasteiger partial charge in [-0.25, -0.2) is 13.8 Å². The number of imidazole rings is 1. The van der Waals surface area contributed by atoms with E-state index in [0.717, 1.165) is 23.9 Å². The average Bonchev–Trinajstić information content (AvgIpc) is 2.92. The largest absolute Gasteiger partial charge is 0.333 e. The number of nitrogens with zero attached hydrogens (tertiary/aromatic N) is 1. The van der Waals surface area contributed by atoms with E-state index in [2.05, 4.69) is 15.3 Å². The Hall–Kier alpha value is -1.83. The van der Waals surface area contributed by atoms with Crippen LogP contribution in [0.5, 0.6) is 0 Å². The highest BCUT2D eigenvalue weighted by atomic mass is 35.5. The monoisotopic (exact) mass is 401 g/mol. The predicted molar refractivity (Wildman–Crippen MR) is 96.4 cm³/mol. The number of H-pyrrole nitrogens is 1. The summed E-state index contributed by atoms with van der Waals surface area (Å²) in [5.74, 6) is -2.25. The maximum absolute atomic E-state index is 13.2. The maximum Gasteiger partial charge on any atom is 0.237 e. The van der Waals surface area contributed by atoms with Gasteiger partial charge in [-0.1, -0.05) is 35.0 Å². The molecule has 0 radical (unpaired) electrons. The number of benzene rings is 2. The zero-order valence-corrected chi connectivity index (χ0v) is 15.1. The Morgan fingerprint density at radius 1 is 1.24 bits per heavy atom. The van der Waals surface area contributed by atoms with Crippen LogP contribution in [-0.2, 0) is 4.79 Å². The minimum absolute atomic E-state index is 0.284. The van der Waals surface area contributed by atoms with E-state index in [0.29, 0.717) is 26.4 Å². The van der Waals surface area contributed by atoms with Gasteiger partial charge in [0.2, 0.25) is 5.91 Å². The molecule has 0 bridgehead atoms. The number of fused-ring (bicyclic) bond motifs is 1. The van der Waals surface area contributed by atoms with Gasteiger partial charge >= 0.3 is 0 Å². The summed E-state index contributed by atoms with van der Waals surface area (Å²) in [5, 5.41) is 3.33. The van der Waals surface area contributed by atoms with Crippen molar-refractivity contribution in [2.45, 2.75) is 17.3 Å². The van der Waals surface area contributed by atoms with E-state index in [1.807, 2.05) is 0 Å². The van der Waals surface area contributed by atoms with Gasteiger partial charge in [-0.05, 0) is 25.1 Å². The Morgan fingerprint density at radius 3 is 2.72 bits per heavy atom. The molecule has 0 fully saturated rings. The number of halogens is 4. The normalized spacial score (nSPS) is 12.4. The molecule has 1 unspecified atom stereocenters. The topological polar surface area (TPSA) is 57.8 Å². The number of carbonyl (C=O) groups excluding carboxylic acids is 1. The third kappa shape index (κ3) is 4.05. The number of thioether (sulfide) groups is 1.